The fraction of sp³-hybridized carbons (Fsp3) is 0.643. The normalized spacial score (nSPS) is 21.8. The highest BCUT2D eigenvalue weighted by atomic mass is 32.2. The smallest absolute Gasteiger partial charge is 0.250 e. The Labute approximate surface area is 220 Å². The highest BCUT2D eigenvalue weighted by molar-refractivity contribution is 7.90. The lowest BCUT2D eigenvalue weighted by Crippen LogP contribution is -2.31. The van der Waals surface area contributed by atoms with Crippen LogP contribution < -0.4 is 5.32 Å². The summed E-state index contributed by atoms with van der Waals surface area (Å²) in [6.07, 6.45) is 11.4. The third kappa shape index (κ3) is 5.52. The molecule has 0 saturated heterocycles. The third-order valence-corrected chi connectivity index (χ3v) is 9.24. The molecule has 0 bridgehead atoms. The fourth-order valence-corrected chi connectivity index (χ4v) is 6.14. The molecule has 37 heavy (non-hydrogen) atoms. The van der Waals surface area contributed by atoms with E-state index in [1.54, 1.807) is 0 Å². The second kappa shape index (κ2) is 10.3. The molecule has 2 fully saturated rings. The van der Waals surface area contributed by atoms with Gasteiger partial charge in [-0.05, 0) is 74.0 Å². The van der Waals surface area contributed by atoms with Crippen LogP contribution in [-0.2, 0) is 16.4 Å². The van der Waals surface area contributed by atoms with Crippen LogP contribution in [0.4, 0.5) is 5.82 Å². The zero-order chi connectivity index (χ0) is 26.3. The summed E-state index contributed by atoms with van der Waals surface area (Å²) in [6, 6.07) is 4.32. The van der Waals surface area contributed by atoms with Crippen molar-refractivity contribution in [3.8, 4) is 11.5 Å². The van der Waals surface area contributed by atoms with Crippen molar-refractivity contribution in [2.24, 2.45) is 17.8 Å². The minimum absolute atomic E-state index is 0.184. The lowest BCUT2D eigenvalue weighted by molar-refractivity contribution is 0.267. The van der Waals surface area contributed by atoms with E-state index in [-0.39, 0.29) is 11.2 Å². The number of nitrogens with zero attached hydrogens (tertiary/aromatic N) is 5. The lowest BCUT2D eigenvalue weighted by atomic mass is 9.80. The van der Waals surface area contributed by atoms with Gasteiger partial charge in [-0.25, -0.2) is 13.4 Å². The van der Waals surface area contributed by atoms with E-state index >= 15 is 0 Å². The predicted molar refractivity (Wildman–Crippen MR) is 147 cm³/mol. The maximum absolute atomic E-state index is 12.5. The Balaban J connectivity index is 1.68. The van der Waals surface area contributed by atoms with Crippen molar-refractivity contribution in [2.45, 2.75) is 96.3 Å². The molecule has 3 heterocycles. The van der Waals surface area contributed by atoms with E-state index in [2.05, 4.69) is 53.6 Å². The third-order valence-electron chi connectivity index (χ3n) is 8.39. The predicted octanol–water partition coefficient (Wildman–Crippen LogP) is 5.84. The Morgan fingerprint density at radius 2 is 1.78 bits per heavy atom. The number of hydrogen-bond acceptors (Lipinski definition) is 7. The lowest BCUT2D eigenvalue weighted by Gasteiger charge is -2.32. The van der Waals surface area contributed by atoms with Gasteiger partial charge in [0.2, 0.25) is 9.84 Å². The van der Waals surface area contributed by atoms with Crippen LogP contribution >= 0.6 is 0 Å². The average Bonchev–Trinajstić information content (AvgIpc) is 3.17. The summed E-state index contributed by atoms with van der Waals surface area (Å²) in [4.78, 5) is 18.7. The van der Waals surface area contributed by atoms with Crippen molar-refractivity contribution in [3.63, 3.8) is 0 Å². The number of pyridine rings is 1. The van der Waals surface area contributed by atoms with Crippen molar-refractivity contribution in [2.75, 3.05) is 11.6 Å². The summed E-state index contributed by atoms with van der Waals surface area (Å²) in [7, 11) is -3.61. The second-order valence-corrected chi connectivity index (χ2v) is 13.6. The maximum Gasteiger partial charge on any atom is 0.250 e. The SMILES string of the molecule is CC1CCC(Cn2c(-c3cc(C(C)C)ccn3)nc3nc(S(C)(=O)=O)nc(N[C@H](C)C4CCC4)c32)CC1. The van der Waals surface area contributed by atoms with Crippen LogP contribution in [0.25, 0.3) is 22.7 Å². The van der Waals surface area contributed by atoms with Gasteiger partial charge in [0.25, 0.3) is 5.16 Å². The van der Waals surface area contributed by atoms with E-state index in [4.69, 9.17) is 9.97 Å². The molecule has 1 N–H and O–H groups in total. The van der Waals surface area contributed by atoms with Crippen LogP contribution in [0, 0.1) is 17.8 Å². The zero-order valence-corrected chi connectivity index (χ0v) is 23.6. The quantitative estimate of drug-likeness (QED) is 0.369. The van der Waals surface area contributed by atoms with Gasteiger partial charge in [0, 0.05) is 25.0 Å². The average molecular weight is 525 g/mol. The number of hydrogen-bond donors (Lipinski definition) is 1. The summed E-state index contributed by atoms with van der Waals surface area (Å²) < 4.78 is 27.3. The van der Waals surface area contributed by atoms with E-state index in [1.807, 2.05) is 12.3 Å². The minimum Gasteiger partial charge on any atom is -0.365 e. The molecule has 3 aromatic rings. The first-order chi connectivity index (χ1) is 17.6. The van der Waals surface area contributed by atoms with Gasteiger partial charge in [-0.3, -0.25) is 4.98 Å². The van der Waals surface area contributed by atoms with E-state index in [1.165, 1.54) is 50.5 Å². The summed E-state index contributed by atoms with van der Waals surface area (Å²) in [5.74, 6) is 3.50. The molecule has 0 amide bonds. The molecule has 5 rings (SSSR count). The van der Waals surface area contributed by atoms with Gasteiger partial charge in [0.15, 0.2) is 17.3 Å². The van der Waals surface area contributed by atoms with Gasteiger partial charge < -0.3 is 9.88 Å². The first-order valence-electron chi connectivity index (χ1n) is 13.8. The zero-order valence-electron chi connectivity index (χ0n) is 22.7. The Kier molecular flexibility index (Phi) is 7.27. The van der Waals surface area contributed by atoms with Gasteiger partial charge >= 0.3 is 0 Å². The van der Waals surface area contributed by atoms with Crippen molar-refractivity contribution in [1.29, 1.82) is 0 Å². The number of aromatic nitrogens is 5. The number of anilines is 1. The van der Waals surface area contributed by atoms with Crippen LogP contribution in [0.15, 0.2) is 23.5 Å². The molecule has 2 aliphatic rings. The monoisotopic (exact) mass is 524 g/mol. The molecular formula is C28H40N6O2S. The highest BCUT2D eigenvalue weighted by Crippen LogP contribution is 2.36. The van der Waals surface area contributed by atoms with Crippen LogP contribution in [0.2, 0.25) is 0 Å². The second-order valence-electron chi connectivity index (χ2n) is 11.7. The Morgan fingerprint density at radius 1 is 1.05 bits per heavy atom. The number of sulfone groups is 1. The van der Waals surface area contributed by atoms with E-state index in [0.29, 0.717) is 29.2 Å². The molecule has 0 unspecified atom stereocenters. The van der Waals surface area contributed by atoms with Gasteiger partial charge in [-0.2, -0.15) is 9.97 Å². The van der Waals surface area contributed by atoms with Crippen LogP contribution in [0.1, 0.15) is 84.1 Å². The molecule has 3 aromatic heterocycles. The van der Waals surface area contributed by atoms with E-state index in [9.17, 15) is 8.42 Å². The maximum atomic E-state index is 12.5. The van der Waals surface area contributed by atoms with Crippen molar-refractivity contribution < 1.29 is 8.42 Å². The van der Waals surface area contributed by atoms with Gasteiger partial charge in [-0.15, -0.1) is 0 Å². The van der Waals surface area contributed by atoms with E-state index < -0.39 is 9.84 Å². The van der Waals surface area contributed by atoms with Gasteiger partial charge in [0.05, 0.1) is 0 Å². The van der Waals surface area contributed by atoms with Crippen LogP contribution in [0.3, 0.4) is 0 Å². The van der Waals surface area contributed by atoms with Crippen molar-refractivity contribution in [3.05, 3.63) is 23.9 Å². The molecule has 9 heteroatoms. The molecule has 0 radical (unpaired) electrons. The molecule has 1 atom stereocenters. The fourth-order valence-electron chi connectivity index (χ4n) is 5.63. The largest absolute Gasteiger partial charge is 0.365 e. The number of imidazole rings is 1. The number of fused-ring (bicyclic) bond motifs is 1. The van der Waals surface area contributed by atoms with Crippen molar-refractivity contribution >= 4 is 26.8 Å². The van der Waals surface area contributed by atoms with Crippen LogP contribution in [-0.4, -0.2) is 45.2 Å². The Hall–Kier alpha value is -2.55. The molecule has 0 spiro atoms. The van der Waals surface area contributed by atoms with Crippen LogP contribution in [0.5, 0.6) is 0 Å². The molecule has 0 aliphatic heterocycles. The Morgan fingerprint density at radius 3 is 2.41 bits per heavy atom. The number of nitrogens with one attached hydrogen (secondary N) is 1. The summed E-state index contributed by atoms with van der Waals surface area (Å²) in [5, 5.41) is 3.40. The molecule has 0 aromatic carbocycles. The first kappa shape index (κ1) is 26.1. The first-order valence-corrected chi connectivity index (χ1v) is 15.7. The topological polar surface area (TPSA) is 103 Å². The standard InChI is InChI=1S/C28H40N6O2S/c1-17(2)22-13-14-29-23(15-22)27-31-26-24(34(27)16-20-11-9-18(3)10-12-20)25(30-19(4)21-7-6-8-21)32-28(33-26)37(5,35)36/h13-15,17-21H,6-12,16H2,1-5H3,(H,30,32,33)/t18?,19-,20?/m1/s1. The van der Waals surface area contributed by atoms with Crippen molar-refractivity contribution in [1.82, 2.24) is 24.5 Å². The minimum atomic E-state index is -3.61. The Bertz CT molecular complexity index is 1370. The summed E-state index contributed by atoms with van der Waals surface area (Å²) in [6.45, 7) is 9.62. The van der Waals surface area contributed by atoms with Gasteiger partial charge in [-0.1, -0.05) is 40.0 Å². The van der Waals surface area contributed by atoms with Gasteiger partial charge in [0.1, 0.15) is 11.2 Å². The molecule has 2 saturated carbocycles. The molecule has 200 valence electrons. The molecule has 8 nitrogen and oxygen atoms in total. The van der Waals surface area contributed by atoms with E-state index in [0.717, 1.165) is 35.8 Å². The molecular weight excluding hydrogens is 484 g/mol. The highest BCUT2D eigenvalue weighted by Gasteiger charge is 2.29. The summed E-state index contributed by atoms with van der Waals surface area (Å²) in [5.41, 5.74) is 3.17. The summed E-state index contributed by atoms with van der Waals surface area (Å²) >= 11 is 0. The molecule has 2 aliphatic carbocycles. The number of rotatable bonds is 8.